The number of hydrogen-bond donors (Lipinski definition) is 0. The van der Waals surface area contributed by atoms with Gasteiger partial charge in [-0.25, -0.2) is 8.78 Å². The van der Waals surface area contributed by atoms with Gasteiger partial charge in [0.1, 0.15) is 17.3 Å². The summed E-state index contributed by atoms with van der Waals surface area (Å²) in [6, 6.07) is 3.48. The molecule has 1 amide bonds. The number of halogens is 2. The molecule has 1 aromatic carbocycles. The minimum Gasteiger partial charge on any atom is -0.306 e. The van der Waals surface area contributed by atoms with Crippen molar-refractivity contribution in [2.24, 2.45) is 5.92 Å². The summed E-state index contributed by atoms with van der Waals surface area (Å²) < 4.78 is 27.8. The third-order valence-electron chi connectivity index (χ3n) is 4.55. The Kier molecular flexibility index (Phi) is 4.68. The molecule has 0 saturated carbocycles. The summed E-state index contributed by atoms with van der Waals surface area (Å²) in [6.45, 7) is 2.19. The molecule has 0 spiro atoms. The van der Waals surface area contributed by atoms with Crippen LogP contribution in [-0.2, 0) is 4.79 Å². The predicted octanol–water partition coefficient (Wildman–Crippen LogP) is 2.76. The lowest BCUT2D eigenvalue weighted by molar-refractivity contribution is -0.121. The molecule has 3 rings (SSSR count). The topological polar surface area (TPSA) is 23.6 Å². The van der Waals surface area contributed by atoms with E-state index in [0.29, 0.717) is 18.9 Å². The second-order valence-electron chi connectivity index (χ2n) is 5.97. The number of amides is 1. The highest BCUT2D eigenvalue weighted by Crippen LogP contribution is 2.31. The van der Waals surface area contributed by atoms with Gasteiger partial charge in [-0.05, 0) is 49.4 Å². The largest absolute Gasteiger partial charge is 0.306 e. The first-order chi connectivity index (χ1) is 10.6. The van der Waals surface area contributed by atoms with Gasteiger partial charge in [-0.2, -0.15) is 11.8 Å². The van der Waals surface area contributed by atoms with E-state index in [4.69, 9.17) is 0 Å². The minimum atomic E-state index is -0.671. The number of anilines is 1. The summed E-state index contributed by atoms with van der Waals surface area (Å²) in [5.74, 6) is 0.200. The zero-order valence-electron chi connectivity index (χ0n) is 12.6. The lowest BCUT2D eigenvalue weighted by atomic mass is 10.1. The molecule has 3 nitrogen and oxygen atoms in total. The number of hydrogen-bond acceptors (Lipinski definition) is 3. The van der Waals surface area contributed by atoms with E-state index in [1.165, 1.54) is 23.1 Å². The highest BCUT2D eigenvalue weighted by Gasteiger charge is 2.40. The van der Waals surface area contributed by atoms with Gasteiger partial charge in [-0.1, -0.05) is 6.07 Å². The van der Waals surface area contributed by atoms with Gasteiger partial charge in [-0.3, -0.25) is 9.69 Å². The third kappa shape index (κ3) is 2.86. The second kappa shape index (κ2) is 6.54. The summed E-state index contributed by atoms with van der Waals surface area (Å²) >= 11 is 1.82. The third-order valence-corrected chi connectivity index (χ3v) is 5.35. The molecule has 0 N–H and O–H groups in total. The quantitative estimate of drug-likeness (QED) is 0.850. The van der Waals surface area contributed by atoms with Gasteiger partial charge in [0, 0.05) is 13.1 Å². The van der Waals surface area contributed by atoms with Gasteiger partial charge in [0.2, 0.25) is 5.91 Å². The number of carbonyl (C=O) groups is 1. The lowest BCUT2D eigenvalue weighted by Gasteiger charge is -2.23. The summed E-state index contributed by atoms with van der Waals surface area (Å²) in [5, 5.41) is 0. The molecule has 2 aliphatic rings. The van der Waals surface area contributed by atoms with E-state index in [9.17, 15) is 13.6 Å². The fourth-order valence-corrected chi connectivity index (χ4v) is 4.23. The van der Waals surface area contributed by atoms with Crippen molar-refractivity contribution >= 4 is 23.4 Å². The van der Waals surface area contributed by atoms with E-state index >= 15 is 0 Å². The van der Waals surface area contributed by atoms with Crippen LogP contribution in [0.4, 0.5) is 14.5 Å². The highest BCUT2D eigenvalue weighted by molar-refractivity contribution is 7.98. The molecule has 2 aliphatic heterocycles. The van der Waals surface area contributed by atoms with Gasteiger partial charge in [0.05, 0.1) is 6.04 Å². The summed E-state index contributed by atoms with van der Waals surface area (Å²) in [6.07, 6.45) is 3.82. The number of benzene rings is 1. The minimum absolute atomic E-state index is 0.172. The van der Waals surface area contributed by atoms with Crippen molar-refractivity contribution in [3.8, 4) is 0 Å². The smallest absolute Gasteiger partial charge is 0.244 e. The Hall–Kier alpha value is -1.14. The van der Waals surface area contributed by atoms with Crippen molar-refractivity contribution in [2.45, 2.75) is 18.9 Å². The normalized spacial score (nSPS) is 26.1. The van der Waals surface area contributed by atoms with Crippen LogP contribution in [0, 0.1) is 17.6 Å². The number of nitrogens with zero attached hydrogens (tertiary/aromatic N) is 2. The Morgan fingerprint density at radius 3 is 2.64 bits per heavy atom. The van der Waals surface area contributed by atoms with E-state index in [-0.39, 0.29) is 17.6 Å². The first kappa shape index (κ1) is 15.7. The fourth-order valence-electron chi connectivity index (χ4n) is 3.49. The standard InChI is InChI=1S/C16H20F2N2OS/c1-22-10-11-5-7-19(9-11)14-6-8-20(16(14)21)15-12(17)3-2-4-13(15)18/h2-4,11,14H,5-10H2,1H3. The zero-order chi connectivity index (χ0) is 15.7. The van der Waals surface area contributed by atoms with Crippen LogP contribution in [-0.4, -0.2) is 48.5 Å². The van der Waals surface area contributed by atoms with Gasteiger partial charge >= 0.3 is 0 Å². The van der Waals surface area contributed by atoms with Gasteiger partial charge < -0.3 is 4.90 Å². The molecule has 2 heterocycles. The molecule has 0 radical (unpaired) electrons. The van der Waals surface area contributed by atoms with Crippen LogP contribution >= 0.6 is 11.8 Å². The lowest BCUT2D eigenvalue weighted by Crippen LogP contribution is -2.41. The van der Waals surface area contributed by atoms with Crippen LogP contribution in [0.25, 0.3) is 0 Å². The second-order valence-corrected chi connectivity index (χ2v) is 6.88. The van der Waals surface area contributed by atoms with Gasteiger partial charge in [0.25, 0.3) is 0 Å². The van der Waals surface area contributed by atoms with Crippen LogP contribution in [0.5, 0.6) is 0 Å². The number of likely N-dealkylation sites (tertiary alicyclic amines) is 1. The molecule has 0 aliphatic carbocycles. The van der Waals surface area contributed by atoms with Crippen molar-refractivity contribution in [1.82, 2.24) is 4.90 Å². The Morgan fingerprint density at radius 2 is 1.95 bits per heavy atom. The molecule has 22 heavy (non-hydrogen) atoms. The van der Waals surface area contributed by atoms with Crippen molar-refractivity contribution in [3.63, 3.8) is 0 Å². The average molecular weight is 326 g/mol. The van der Waals surface area contributed by atoms with E-state index < -0.39 is 11.6 Å². The number of carbonyl (C=O) groups excluding carboxylic acids is 1. The van der Waals surface area contributed by atoms with Crippen LogP contribution in [0.3, 0.4) is 0 Å². The molecular formula is C16H20F2N2OS. The number of para-hydroxylation sites is 1. The van der Waals surface area contributed by atoms with Crippen molar-refractivity contribution in [2.75, 3.05) is 36.5 Å². The zero-order valence-corrected chi connectivity index (χ0v) is 13.4. The van der Waals surface area contributed by atoms with E-state index in [1.807, 2.05) is 11.8 Å². The molecule has 6 heteroatoms. The Morgan fingerprint density at radius 1 is 1.23 bits per heavy atom. The maximum atomic E-state index is 13.9. The Bertz CT molecular complexity index is 549. The molecular weight excluding hydrogens is 306 g/mol. The van der Waals surface area contributed by atoms with Gasteiger partial charge in [0.15, 0.2) is 0 Å². The average Bonchev–Trinajstić information content (AvgIpc) is 3.07. The molecule has 2 fully saturated rings. The SMILES string of the molecule is CSCC1CCN(C2CCN(c3c(F)cccc3F)C2=O)C1. The van der Waals surface area contributed by atoms with E-state index in [0.717, 1.165) is 25.3 Å². The van der Waals surface area contributed by atoms with Crippen LogP contribution < -0.4 is 4.90 Å². The molecule has 120 valence electrons. The first-order valence-corrected chi connectivity index (χ1v) is 8.99. The van der Waals surface area contributed by atoms with Crippen LogP contribution in [0.2, 0.25) is 0 Å². The molecule has 1 aromatic rings. The van der Waals surface area contributed by atoms with Crippen molar-refractivity contribution in [1.29, 1.82) is 0 Å². The van der Waals surface area contributed by atoms with Crippen molar-refractivity contribution < 1.29 is 13.6 Å². The van der Waals surface area contributed by atoms with Crippen LogP contribution in [0.1, 0.15) is 12.8 Å². The van der Waals surface area contributed by atoms with E-state index in [1.54, 1.807) is 0 Å². The maximum Gasteiger partial charge on any atom is 0.244 e. The monoisotopic (exact) mass is 326 g/mol. The summed E-state index contributed by atoms with van der Waals surface area (Å²) in [5.41, 5.74) is -0.199. The number of thioether (sulfide) groups is 1. The highest BCUT2D eigenvalue weighted by atomic mass is 32.2. The molecule has 0 bridgehead atoms. The first-order valence-electron chi connectivity index (χ1n) is 7.60. The molecule has 2 atom stereocenters. The summed E-state index contributed by atoms with van der Waals surface area (Å²) in [4.78, 5) is 16.1. The van der Waals surface area contributed by atoms with Crippen molar-refractivity contribution in [3.05, 3.63) is 29.8 Å². The fraction of sp³-hybridized carbons (Fsp3) is 0.562. The van der Waals surface area contributed by atoms with E-state index in [2.05, 4.69) is 11.2 Å². The Labute approximate surface area is 133 Å². The maximum absolute atomic E-state index is 13.9. The molecule has 2 saturated heterocycles. The molecule has 2 unspecified atom stereocenters. The number of rotatable bonds is 4. The molecule has 0 aromatic heterocycles. The van der Waals surface area contributed by atoms with Crippen LogP contribution in [0.15, 0.2) is 18.2 Å². The summed E-state index contributed by atoms with van der Waals surface area (Å²) in [7, 11) is 0. The van der Waals surface area contributed by atoms with Gasteiger partial charge in [-0.15, -0.1) is 0 Å². The Balaban J connectivity index is 1.73. The predicted molar refractivity (Wildman–Crippen MR) is 85.2 cm³/mol.